The maximum absolute atomic E-state index is 11.5. The zero-order chi connectivity index (χ0) is 26.4. The van der Waals surface area contributed by atoms with Crippen LogP contribution in [0.15, 0.2) is 114 Å². The smallest absolute Gasteiger partial charge is 0.257 e. The van der Waals surface area contributed by atoms with Gasteiger partial charge in [0.1, 0.15) is 17.0 Å². The zero-order valence-electron chi connectivity index (χ0n) is 20.7. The van der Waals surface area contributed by atoms with Crippen molar-refractivity contribution in [3.05, 3.63) is 109 Å². The maximum Gasteiger partial charge on any atom is 0.257 e. The molecular formula is C30H23N7O2. The summed E-state index contributed by atoms with van der Waals surface area (Å²) >= 11 is 0. The molecule has 39 heavy (non-hydrogen) atoms. The molecule has 2 atom stereocenters. The van der Waals surface area contributed by atoms with Gasteiger partial charge < -0.3 is 15.5 Å². The number of benzene rings is 4. The second kappa shape index (κ2) is 9.00. The van der Waals surface area contributed by atoms with Crippen LogP contribution < -0.4 is 5.32 Å². The Morgan fingerprint density at radius 2 is 1.62 bits per heavy atom. The van der Waals surface area contributed by atoms with Crippen LogP contribution >= 0.6 is 0 Å². The first kappa shape index (κ1) is 23.0. The number of phenolic OH excluding ortho intramolecular Hbond substituents is 1. The molecule has 0 radical (unpaired) electrons. The topological polar surface area (TPSA) is 121 Å². The molecule has 6 aromatic rings. The van der Waals surface area contributed by atoms with Crippen LogP contribution in [0.25, 0.3) is 27.8 Å². The van der Waals surface area contributed by atoms with E-state index in [1.54, 1.807) is 23.0 Å². The largest absolute Gasteiger partial charge is 0.505 e. The van der Waals surface area contributed by atoms with Gasteiger partial charge in [-0.3, -0.25) is 0 Å². The van der Waals surface area contributed by atoms with Crippen molar-refractivity contribution < 1.29 is 10.2 Å². The van der Waals surface area contributed by atoms with E-state index in [1.165, 1.54) is 0 Å². The van der Waals surface area contributed by atoms with Crippen molar-refractivity contribution in [2.24, 2.45) is 10.2 Å². The van der Waals surface area contributed by atoms with Crippen LogP contribution in [-0.2, 0) is 5.60 Å². The second-order valence-corrected chi connectivity index (χ2v) is 9.52. The molecule has 1 aliphatic rings. The van der Waals surface area contributed by atoms with Crippen LogP contribution in [0.2, 0.25) is 0 Å². The average Bonchev–Trinajstić information content (AvgIpc) is 3.47. The number of nitrogens with one attached hydrogen (secondary N) is 1. The molecule has 4 aromatic carbocycles. The van der Waals surface area contributed by atoms with Gasteiger partial charge in [0.15, 0.2) is 0 Å². The van der Waals surface area contributed by atoms with Crippen LogP contribution in [0.3, 0.4) is 0 Å². The Morgan fingerprint density at radius 1 is 0.872 bits per heavy atom. The van der Waals surface area contributed by atoms with Gasteiger partial charge >= 0.3 is 0 Å². The molecule has 9 heteroatoms. The molecule has 0 aliphatic heterocycles. The molecule has 2 heterocycles. The molecule has 0 saturated heterocycles. The Kier molecular flexibility index (Phi) is 5.31. The van der Waals surface area contributed by atoms with E-state index >= 15 is 0 Å². The molecule has 1 saturated carbocycles. The summed E-state index contributed by atoms with van der Waals surface area (Å²) in [7, 11) is 0. The molecular weight excluding hydrogens is 490 g/mol. The van der Waals surface area contributed by atoms with Crippen molar-refractivity contribution in [3.63, 3.8) is 0 Å². The van der Waals surface area contributed by atoms with Crippen LogP contribution in [0, 0.1) is 0 Å². The fourth-order valence-electron chi connectivity index (χ4n) is 4.98. The lowest BCUT2D eigenvalue weighted by Crippen LogP contribution is -2.17. The molecule has 0 spiro atoms. The van der Waals surface area contributed by atoms with Crippen LogP contribution in [0.5, 0.6) is 5.75 Å². The van der Waals surface area contributed by atoms with Gasteiger partial charge in [0.2, 0.25) is 5.95 Å². The zero-order valence-corrected chi connectivity index (χ0v) is 20.7. The van der Waals surface area contributed by atoms with Gasteiger partial charge in [0, 0.05) is 35.5 Å². The van der Waals surface area contributed by atoms with Gasteiger partial charge in [-0.2, -0.15) is 0 Å². The number of aromatic nitrogens is 4. The average molecular weight is 514 g/mol. The number of rotatable bonds is 6. The van der Waals surface area contributed by atoms with Gasteiger partial charge in [-0.25, -0.2) is 19.5 Å². The minimum absolute atomic E-state index is 0.115. The summed E-state index contributed by atoms with van der Waals surface area (Å²) in [4.78, 5) is 13.4. The molecule has 190 valence electrons. The molecule has 0 amide bonds. The van der Waals surface area contributed by atoms with E-state index in [-0.39, 0.29) is 23.4 Å². The SMILES string of the molecule is Oc1c(C2(O)CC2Nc2ccccc2)cc2ccccc2c1N=Nc1nc2ccccc2n1-c1ncccn1. The Bertz CT molecular complexity index is 1850. The van der Waals surface area contributed by atoms with E-state index in [0.717, 1.165) is 16.6 Å². The minimum Gasteiger partial charge on any atom is -0.505 e. The molecule has 2 unspecified atom stereocenters. The Morgan fingerprint density at radius 3 is 2.46 bits per heavy atom. The van der Waals surface area contributed by atoms with Gasteiger partial charge in [-0.1, -0.05) is 54.6 Å². The van der Waals surface area contributed by atoms with Gasteiger partial charge in [0.05, 0.1) is 17.1 Å². The Labute approximate surface area is 223 Å². The van der Waals surface area contributed by atoms with Crippen molar-refractivity contribution >= 4 is 39.1 Å². The number of imidazole rings is 1. The number of aliphatic hydroxyl groups is 1. The summed E-state index contributed by atoms with van der Waals surface area (Å²) in [6.45, 7) is 0. The third-order valence-corrected chi connectivity index (χ3v) is 7.04. The van der Waals surface area contributed by atoms with Crippen LogP contribution in [-0.4, -0.2) is 35.8 Å². The molecule has 7 rings (SSSR count). The van der Waals surface area contributed by atoms with Gasteiger partial charge in [-0.05, 0) is 41.8 Å². The monoisotopic (exact) mass is 513 g/mol. The van der Waals surface area contributed by atoms with Crippen molar-refractivity contribution in [1.82, 2.24) is 19.5 Å². The summed E-state index contributed by atoms with van der Waals surface area (Å²) in [5, 5.41) is 36.9. The second-order valence-electron chi connectivity index (χ2n) is 9.52. The number of fused-ring (bicyclic) bond motifs is 2. The Balaban J connectivity index is 1.33. The fraction of sp³-hybridized carbons (Fsp3) is 0.100. The van der Waals surface area contributed by atoms with Crippen molar-refractivity contribution in [2.45, 2.75) is 18.1 Å². The first-order chi connectivity index (χ1) is 19.1. The lowest BCUT2D eigenvalue weighted by molar-refractivity contribution is 0.143. The number of phenols is 1. The summed E-state index contributed by atoms with van der Waals surface area (Å²) in [5.41, 5.74) is 1.81. The van der Waals surface area contributed by atoms with E-state index in [9.17, 15) is 10.2 Å². The highest BCUT2D eigenvalue weighted by Crippen LogP contribution is 2.54. The summed E-state index contributed by atoms with van der Waals surface area (Å²) in [5.74, 6) is 0.561. The lowest BCUT2D eigenvalue weighted by Gasteiger charge is -2.17. The highest BCUT2D eigenvalue weighted by atomic mass is 16.3. The highest BCUT2D eigenvalue weighted by molar-refractivity contribution is 5.97. The molecule has 1 fully saturated rings. The Hall–Kier alpha value is -5.15. The molecule has 1 aliphatic carbocycles. The van der Waals surface area contributed by atoms with E-state index in [0.29, 0.717) is 28.8 Å². The number of para-hydroxylation sites is 3. The molecule has 2 aromatic heterocycles. The molecule has 9 nitrogen and oxygen atoms in total. The van der Waals surface area contributed by atoms with E-state index in [2.05, 4.69) is 30.5 Å². The number of hydrogen-bond acceptors (Lipinski definition) is 8. The number of aromatic hydroxyl groups is 1. The van der Waals surface area contributed by atoms with Crippen molar-refractivity contribution in [3.8, 4) is 11.7 Å². The minimum atomic E-state index is -1.25. The number of hydrogen-bond donors (Lipinski definition) is 3. The predicted molar refractivity (Wildman–Crippen MR) is 149 cm³/mol. The number of anilines is 1. The summed E-state index contributed by atoms with van der Waals surface area (Å²) < 4.78 is 1.72. The fourth-order valence-corrected chi connectivity index (χ4v) is 4.98. The number of nitrogens with zero attached hydrogens (tertiary/aromatic N) is 6. The van der Waals surface area contributed by atoms with Gasteiger partial charge in [0.25, 0.3) is 5.95 Å². The first-order valence-electron chi connectivity index (χ1n) is 12.6. The highest BCUT2D eigenvalue weighted by Gasteiger charge is 2.56. The normalized spacial score (nSPS) is 18.6. The maximum atomic E-state index is 11.5. The van der Waals surface area contributed by atoms with E-state index < -0.39 is 5.60 Å². The van der Waals surface area contributed by atoms with Gasteiger partial charge in [-0.15, -0.1) is 10.2 Å². The van der Waals surface area contributed by atoms with Crippen molar-refractivity contribution in [2.75, 3.05) is 5.32 Å². The van der Waals surface area contributed by atoms with Crippen LogP contribution in [0.4, 0.5) is 17.3 Å². The molecule has 0 bridgehead atoms. The standard InChI is InChI=1S/C30H23N7O2/c38-27-22(30(39)18-25(30)33-20-10-2-1-3-11-20)17-19-9-4-5-12-21(19)26(27)35-36-29-34-23-13-6-7-14-24(23)37(29)28-31-15-8-16-32-28/h1-17,25,33,38-39H,18H2. The number of azo groups is 1. The summed E-state index contributed by atoms with van der Waals surface area (Å²) in [6, 6.07) is 28.2. The quantitative estimate of drug-likeness (QED) is 0.229. The van der Waals surface area contributed by atoms with E-state index in [4.69, 9.17) is 0 Å². The van der Waals surface area contributed by atoms with Crippen molar-refractivity contribution in [1.29, 1.82) is 0 Å². The summed E-state index contributed by atoms with van der Waals surface area (Å²) in [6.07, 6.45) is 3.75. The lowest BCUT2D eigenvalue weighted by atomic mass is 9.98. The first-order valence-corrected chi connectivity index (χ1v) is 12.6. The van der Waals surface area contributed by atoms with Crippen LogP contribution in [0.1, 0.15) is 12.0 Å². The van der Waals surface area contributed by atoms with E-state index in [1.807, 2.05) is 84.9 Å². The third kappa shape index (κ3) is 3.96. The third-order valence-electron chi connectivity index (χ3n) is 7.04. The molecule has 3 N–H and O–H groups in total. The predicted octanol–water partition coefficient (Wildman–Crippen LogP) is 6.16.